The molecular formula is C28H30BrN5O3. The molecule has 1 saturated heterocycles. The summed E-state index contributed by atoms with van der Waals surface area (Å²) < 4.78 is 6.48. The Hall–Kier alpha value is -3.72. The van der Waals surface area contributed by atoms with Gasteiger partial charge in [-0.25, -0.2) is 4.79 Å². The van der Waals surface area contributed by atoms with E-state index in [0.717, 1.165) is 60.6 Å². The van der Waals surface area contributed by atoms with Gasteiger partial charge in [-0.05, 0) is 67.4 Å². The Balaban J connectivity index is 1.31. The highest BCUT2D eigenvalue weighted by molar-refractivity contribution is 9.10. The minimum absolute atomic E-state index is 0.110. The Morgan fingerprint density at radius 2 is 1.46 bits per heavy atom. The van der Waals surface area contributed by atoms with Gasteiger partial charge in [0.1, 0.15) is 5.75 Å². The number of hydrogen-bond donors (Lipinski definition) is 3. The largest absolute Gasteiger partial charge is 0.495 e. The van der Waals surface area contributed by atoms with Gasteiger partial charge in [0.05, 0.1) is 18.4 Å². The summed E-state index contributed by atoms with van der Waals surface area (Å²) in [4.78, 5) is 30.3. The van der Waals surface area contributed by atoms with Crippen LogP contribution in [0.15, 0.2) is 71.2 Å². The van der Waals surface area contributed by atoms with Gasteiger partial charge in [-0.3, -0.25) is 4.79 Å². The molecule has 1 aliphatic carbocycles. The molecule has 1 heterocycles. The van der Waals surface area contributed by atoms with Crippen molar-refractivity contribution in [1.29, 1.82) is 0 Å². The van der Waals surface area contributed by atoms with E-state index in [1.54, 1.807) is 13.2 Å². The van der Waals surface area contributed by atoms with Crippen molar-refractivity contribution in [3.8, 4) is 5.75 Å². The van der Waals surface area contributed by atoms with Gasteiger partial charge in [0, 0.05) is 53.8 Å². The van der Waals surface area contributed by atoms with Gasteiger partial charge in [-0.2, -0.15) is 0 Å². The summed E-state index contributed by atoms with van der Waals surface area (Å²) >= 11 is 3.39. The van der Waals surface area contributed by atoms with Gasteiger partial charge in [0.15, 0.2) is 0 Å². The Labute approximate surface area is 225 Å². The predicted octanol–water partition coefficient (Wildman–Crippen LogP) is 5.32. The van der Waals surface area contributed by atoms with Crippen LogP contribution in [0.3, 0.4) is 0 Å². The molecule has 0 bridgehead atoms. The Morgan fingerprint density at radius 1 is 0.838 bits per heavy atom. The first kappa shape index (κ1) is 25.0. The highest BCUT2D eigenvalue weighted by Crippen LogP contribution is 2.31. The normalized spacial score (nSPS) is 15.2. The van der Waals surface area contributed by atoms with Gasteiger partial charge in [0.25, 0.3) is 5.91 Å². The zero-order valence-corrected chi connectivity index (χ0v) is 22.3. The number of rotatable bonds is 7. The number of halogens is 1. The zero-order chi connectivity index (χ0) is 25.8. The summed E-state index contributed by atoms with van der Waals surface area (Å²) in [6, 6.07) is 20.8. The molecule has 0 aromatic heterocycles. The fraction of sp³-hybridized carbons (Fsp3) is 0.286. The second kappa shape index (κ2) is 11.1. The number of carbonyl (C=O) groups is 2. The SMILES string of the molecule is COc1ccccc1N1CCN(c2ccc(NC(=O)Nc3ccc(Br)cc3)cc2C(=O)NC2CC2)CC1. The van der Waals surface area contributed by atoms with E-state index in [1.807, 2.05) is 54.6 Å². The highest BCUT2D eigenvalue weighted by Gasteiger charge is 2.28. The highest BCUT2D eigenvalue weighted by atomic mass is 79.9. The summed E-state index contributed by atoms with van der Waals surface area (Å²) in [7, 11) is 1.69. The number of carbonyl (C=O) groups excluding carboxylic acids is 2. The van der Waals surface area contributed by atoms with Crippen LogP contribution < -0.4 is 30.5 Å². The molecule has 0 atom stereocenters. The molecule has 3 aromatic rings. The summed E-state index contributed by atoms with van der Waals surface area (Å²) in [5, 5.41) is 8.78. The number of amides is 3. The minimum atomic E-state index is -0.367. The van der Waals surface area contributed by atoms with Crippen LogP contribution in [0.2, 0.25) is 0 Å². The van der Waals surface area contributed by atoms with E-state index in [9.17, 15) is 9.59 Å². The second-order valence-electron chi connectivity index (χ2n) is 9.21. The fourth-order valence-corrected chi connectivity index (χ4v) is 4.73. The summed E-state index contributed by atoms with van der Waals surface area (Å²) in [5.74, 6) is 0.749. The zero-order valence-electron chi connectivity index (χ0n) is 20.7. The van der Waals surface area contributed by atoms with Crippen LogP contribution in [0.4, 0.5) is 27.5 Å². The van der Waals surface area contributed by atoms with Gasteiger partial charge >= 0.3 is 6.03 Å². The molecule has 37 heavy (non-hydrogen) atoms. The number of piperazine rings is 1. The fourth-order valence-electron chi connectivity index (χ4n) is 4.47. The third-order valence-corrected chi connectivity index (χ3v) is 7.09. The average molecular weight is 564 g/mol. The van der Waals surface area contributed by atoms with Crippen molar-refractivity contribution < 1.29 is 14.3 Å². The average Bonchev–Trinajstić information content (AvgIpc) is 3.74. The molecule has 0 spiro atoms. The number of ether oxygens (including phenoxy) is 1. The number of urea groups is 1. The standard InChI is InChI=1S/C28H30BrN5O3/c1-37-26-5-3-2-4-25(26)34-16-14-33(15-17-34)24-13-12-22(18-23(24)27(35)30-20-10-11-20)32-28(36)31-21-8-6-19(29)7-9-21/h2-9,12-13,18,20H,10-11,14-17H2,1H3,(H,30,35)(H2,31,32,36). The van der Waals surface area contributed by atoms with Crippen LogP contribution in [0.5, 0.6) is 5.75 Å². The second-order valence-corrected chi connectivity index (χ2v) is 10.1. The molecule has 2 fully saturated rings. The van der Waals surface area contributed by atoms with Crippen LogP contribution in [0.25, 0.3) is 0 Å². The molecule has 192 valence electrons. The molecule has 2 aliphatic rings. The van der Waals surface area contributed by atoms with E-state index in [1.165, 1.54) is 0 Å². The van der Waals surface area contributed by atoms with E-state index >= 15 is 0 Å². The first-order valence-electron chi connectivity index (χ1n) is 12.4. The Kier molecular flexibility index (Phi) is 7.50. The topological polar surface area (TPSA) is 85.9 Å². The lowest BCUT2D eigenvalue weighted by Crippen LogP contribution is -2.47. The van der Waals surface area contributed by atoms with Gasteiger partial charge in [-0.1, -0.05) is 28.1 Å². The minimum Gasteiger partial charge on any atom is -0.495 e. The van der Waals surface area contributed by atoms with Crippen molar-refractivity contribution in [1.82, 2.24) is 5.32 Å². The van der Waals surface area contributed by atoms with E-state index < -0.39 is 0 Å². The molecule has 3 amide bonds. The van der Waals surface area contributed by atoms with Crippen LogP contribution >= 0.6 is 15.9 Å². The number of nitrogens with zero attached hydrogens (tertiary/aromatic N) is 2. The quantitative estimate of drug-likeness (QED) is 0.362. The van der Waals surface area contributed by atoms with Gasteiger partial charge < -0.3 is 30.5 Å². The lowest BCUT2D eigenvalue weighted by atomic mass is 10.1. The molecule has 3 N–H and O–H groups in total. The number of anilines is 4. The Morgan fingerprint density at radius 3 is 2.14 bits per heavy atom. The molecule has 1 saturated carbocycles. The first-order chi connectivity index (χ1) is 18.0. The first-order valence-corrected chi connectivity index (χ1v) is 13.2. The lowest BCUT2D eigenvalue weighted by molar-refractivity contribution is 0.0951. The van der Waals surface area contributed by atoms with Crippen molar-refractivity contribution in [2.75, 3.05) is 53.7 Å². The van der Waals surface area contributed by atoms with E-state index in [-0.39, 0.29) is 18.0 Å². The van der Waals surface area contributed by atoms with Crippen LogP contribution in [-0.4, -0.2) is 51.3 Å². The number of hydrogen-bond acceptors (Lipinski definition) is 5. The number of para-hydroxylation sites is 2. The lowest BCUT2D eigenvalue weighted by Gasteiger charge is -2.38. The van der Waals surface area contributed by atoms with Crippen LogP contribution in [-0.2, 0) is 0 Å². The third-order valence-electron chi connectivity index (χ3n) is 6.56. The van der Waals surface area contributed by atoms with Crippen LogP contribution in [0.1, 0.15) is 23.2 Å². The molecule has 3 aromatic carbocycles. The summed E-state index contributed by atoms with van der Waals surface area (Å²) in [5.41, 5.74) is 3.76. The van der Waals surface area contributed by atoms with Crippen molar-refractivity contribution in [2.45, 2.75) is 18.9 Å². The van der Waals surface area contributed by atoms with Crippen molar-refractivity contribution in [3.05, 3.63) is 76.8 Å². The van der Waals surface area contributed by atoms with Crippen LogP contribution in [0, 0.1) is 0 Å². The number of nitrogens with one attached hydrogen (secondary N) is 3. The Bertz CT molecular complexity index is 1270. The maximum atomic E-state index is 13.2. The molecule has 5 rings (SSSR count). The number of benzene rings is 3. The smallest absolute Gasteiger partial charge is 0.323 e. The van der Waals surface area contributed by atoms with Gasteiger partial charge in [-0.15, -0.1) is 0 Å². The molecular weight excluding hydrogens is 534 g/mol. The summed E-state index contributed by atoms with van der Waals surface area (Å²) in [6.07, 6.45) is 2.01. The van der Waals surface area contributed by atoms with E-state index in [4.69, 9.17) is 4.74 Å². The molecule has 8 nitrogen and oxygen atoms in total. The third kappa shape index (κ3) is 6.17. The molecule has 0 unspecified atom stereocenters. The van der Waals surface area contributed by atoms with Gasteiger partial charge in [0.2, 0.25) is 0 Å². The van der Waals surface area contributed by atoms with Crippen molar-refractivity contribution in [3.63, 3.8) is 0 Å². The molecule has 9 heteroatoms. The summed E-state index contributed by atoms with van der Waals surface area (Å²) in [6.45, 7) is 3.14. The monoisotopic (exact) mass is 563 g/mol. The van der Waals surface area contributed by atoms with Crippen molar-refractivity contribution >= 4 is 50.6 Å². The maximum Gasteiger partial charge on any atom is 0.323 e. The molecule has 0 radical (unpaired) electrons. The molecule has 1 aliphatic heterocycles. The number of methoxy groups -OCH3 is 1. The van der Waals surface area contributed by atoms with E-state index in [0.29, 0.717) is 16.9 Å². The predicted molar refractivity (Wildman–Crippen MR) is 151 cm³/mol. The van der Waals surface area contributed by atoms with Crippen molar-refractivity contribution in [2.24, 2.45) is 0 Å². The van der Waals surface area contributed by atoms with E-state index in [2.05, 4.69) is 47.7 Å². The maximum absolute atomic E-state index is 13.2.